The maximum Gasteiger partial charge on any atom is 0.252 e. The lowest BCUT2D eigenvalue weighted by atomic mass is 10.0. The first-order valence-corrected chi connectivity index (χ1v) is 8.95. The molecule has 0 bridgehead atoms. The maximum atomic E-state index is 11.9. The van der Waals surface area contributed by atoms with Crippen LogP contribution in [-0.2, 0) is 4.79 Å². The Hall–Kier alpha value is -1.40. The van der Waals surface area contributed by atoms with Crippen LogP contribution in [0.4, 0.5) is 0 Å². The molecule has 1 aliphatic rings. The van der Waals surface area contributed by atoms with Crippen molar-refractivity contribution in [1.82, 2.24) is 15.5 Å². The van der Waals surface area contributed by atoms with E-state index < -0.39 is 0 Å². The number of hydrogen-bond donors (Lipinski definition) is 2. The van der Waals surface area contributed by atoms with Crippen molar-refractivity contribution in [3.63, 3.8) is 0 Å². The molecule has 1 fully saturated rings. The third kappa shape index (κ3) is 5.42. The monoisotopic (exact) mass is 323 g/mol. The lowest BCUT2D eigenvalue weighted by Crippen LogP contribution is -2.45. The first-order valence-electron chi connectivity index (χ1n) is 8.01. The van der Waals surface area contributed by atoms with E-state index in [4.69, 9.17) is 0 Å². The zero-order chi connectivity index (χ0) is 15.8. The van der Waals surface area contributed by atoms with E-state index in [1.807, 2.05) is 5.38 Å². The summed E-state index contributed by atoms with van der Waals surface area (Å²) < 4.78 is 0. The second-order valence-electron chi connectivity index (χ2n) is 5.70. The number of hydrogen-bond acceptors (Lipinski definition) is 4. The van der Waals surface area contributed by atoms with Crippen molar-refractivity contribution < 1.29 is 9.59 Å². The molecule has 2 heterocycles. The predicted molar refractivity (Wildman–Crippen MR) is 89.2 cm³/mol. The van der Waals surface area contributed by atoms with Crippen molar-refractivity contribution >= 4 is 23.2 Å². The molecule has 0 unspecified atom stereocenters. The lowest BCUT2D eigenvalue weighted by molar-refractivity contribution is -0.121. The van der Waals surface area contributed by atoms with Gasteiger partial charge in [-0.15, -0.1) is 0 Å². The number of piperidine rings is 1. The quantitative estimate of drug-likeness (QED) is 0.805. The average molecular weight is 323 g/mol. The number of nitrogens with zero attached hydrogens (tertiary/aromatic N) is 1. The van der Waals surface area contributed by atoms with E-state index in [1.165, 1.54) is 17.8 Å². The molecule has 0 radical (unpaired) electrons. The molecular weight excluding hydrogens is 298 g/mol. The smallest absolute Gasteiger partial charge is 0.252 e. The average Bonchev–Trinajstić information content (AvgIpc) is 3.04. The Balaban J connectivity index is 1.59. The normalized spacial score (nSPS) is 16.4. The van der Waals surface area contributed by atoms with E-state index in [2.05, 4.69) is 22.5 Å². The molecule has 22 heavy (non-hydrogen) atoms. The molecule has 1 aliphatic heterocycles. The number of carbonyl (C=O) groups is 2. The van der Waals surface area contributed by atoms with E-state index in [9.17, 15) is 9.59 Å². The van der Waals surface area contributed by atoms with Crippen molar-refractivity contribution in [3.05, 3.63) is 22.4 Å². The van der Waals surface area contributed by atoms with E-state index in [0.29, 0.717) is 18.5 Å². The fourth-order valence-electron chi connectivity index (χ4n) is 2.70. The molecule has 2 amide bonds. The Morgan fingerprint density at radius 3 is 2.77 bits per heavy atom. The molecule has 0 saturated carbocycles. The molecule has 0 aromatic carbocycles. The lowest BCUT2D eigenvalue weighted by Gasteiger charge is -2.32. The zero-order valence-corrected chi connectivity index (χ0v) is 14.0. The largest absolute Gasteiger partial charge is 0.353 e. The Morgan fingerprint density at radius 2 is 2.14 bits per heavy atom. The van der Waals surface area contributed by atoms with Gasteiger partial charge in [-0.25, -0.2) is 0 Å². The first kappa shape index (κ1) is 17.0. The molecule has 5 nitrogen and oxygen atoms in total. The minimum Gasteiger partial charge on any atom is -0.353 e. The van der Waals surface area contributed by atoms with Crippen LogP contribution in [-0.4, -0.2) is 48.9 Å². The first-order chi connectivity index (χ1) is 10.7. The molecule has 1 saturated heterocycles. The molecule has 2 N–H and O–H groups in total. The van der Waals surface area contributed by atoms with Gasteiger partial charge in [-0.05, 0) is 37.3 Å². The van der Waals surface area contributed by atoms with Gasteiger partial charge in [0.1, 0.15) is 0 Å². The molecule has 0 aliphatic carbocycles. The summed E-state index contributed by atoms with van der Waals surface area (Å²) in [6.07, 6.45) is 3.56. The summed E-state index contributed by atoms with van der Waals surface area (Å²) in [5, 5.41) is 9.52. The number of nitrogens with one attached hydrogen (secondary N) is 2. The van der Waals surface area contributed by atoms with Crippen LogP contribution in [0.2, 0.25) is 0 Å². The number of amides is 2. The summed E-state index contributed by atoms with van der Waals surface area (Å²) in [7, 11) is 0. The maximum absolute atomic E-state index is 11.9. The summed E-state index contributed by atoms with van der Waals surface area (Å²) in [5.74, 6) is -0.0820. The standard InChI is InChI=1S/C16H25N3O2S/c1-2-8-19-9-4-14(5-10-19)18-15(20)3-7-17-16(21)13-6-11-22-12-13/h6,11-12,14H,2-5,7-10H2,1H3,(H,17,21)(H,18,20). The number of carbonyl (C=O) groups excluding carboxylic acids is 2. The van der Waals surface area contributed by atoms with Crippen LogP contribution in [0.5, 0.6) is 0 Å². The summed E-state index contributed by atoms with van der Waals surface area (Å²) in [5.41, 5.74) is 0.661. The molecule has 6 heteroatoms. The molecule has 2 rings (SSSR count). The van der Waals surface area contributed by atoms with Gasteiger partial charge in [0.25, 0.3) is 5.91 Å². The minimum absolute atomic E-state index is 0.0274. The van der Waals surface area contributed by atoms with Crippen LogP contribution in [0.3, 0.4) is 0 Å². The van der Waals surface area contributed by atoms with Gasteiger partial charge in [-0.2, -0.15) is 11.3 Å². The fraction of sp³-hybridized carbons (Fsp3) is 0.625. The van der Waals surface area contributed by atoms with Gasteiger partial charge in [0.2, 0.25) is 5.91 Å². The molecule has 1 aromatic rings. The number of rotatable bonds is 7. The topological polar surface area (TPSA) is 61.4 Å². The molecule has 122 valence electrons. The van der Waals surface area contributed by atoms with Crippen molar-refractivity contribution in [2.75, 3.05) is 26.2 Å². The van der Waals surface area contributed by atoms with Crippen LogP contribution < -0.4 is 10.6 Å². The van der Waals surface area contributed by atoms with E-state index in [0.717, 1.165) is 32.5 Å². The number of likely N-dealkylation sites (tertiary alicyclic amines) is 1. The van der Waals surface area contributed by atoms with E-state index >= 15 is 0 Å². The third-order valence-electron chi connectivity index (χ3n) is 3.91. The van der Waals surface area contributed by atoms with Crippen molar-refractivity contribution in [3.8, 4) is 0 Å². The third-order valence-corrected chi connectivity index (χ3v) is 4.60. The second-order valence-corrected chi connectivity index (χ2v) is 6.48. The summed E-state index contributed by atoms with van der Waals surface area (Å²) in [4.78, 5) is 26.1. The highest BCUT2D eigenvalue weighted by Gasteiger charge is 2.19. The minimum atomic E-state index is -0.109. The molecule has 0 atom stereocenters. The van der Waals surface area contributed by atoms with Crippen LogP contribution >= 0.6 is 11.3 Å². The summed E-state index contributed by atoms with van der Waals surface area (Å²) in [6, 6.07) is 2.07. The van der Waals surface area contributed by atoms with Gasteiger partial charge in [0, 0.05) is 43.0 Å². The van der Waals surface area contributed by atoms with Crippen molar-refractivity contribution in [2.24, 2.45) is 0 Å². The van der Waals surface area contributed by atoms with Crippen LogP contribution in [0.15, 0.2) is 16.8 Å². The van der Waals surface area contributed by atoms with Crippen molar-refractivity contribution in [1.29, 1.82) is 0 Å². The number of thiophene rings is 1. The van der Waals surface area contributed by atoms with Crippen LogP contribution in [0.1, 0.15) is 43.0 Å². The Labute approximate surface area is 136 Å². The Morgan fingerprint density at radius 1 is 1.36 bits per heavy atom. The fourth-order valence-corrected chi connectivity index (χ4v) is 3.34. The van der Waals surface area contributed by atoms with Gasteiger partial charge in [-0.1, -0.05) is 6.92 Å². The highest BCUT2D eigenvalue weighted by Crippen LogP contribution is 2.10. The van der Waals surface area contributed by atoms with Gasteiger partial charge in [0.15, 0.2) is 0 Å². The zero-order valence-electron chi connectivity index (χ0n) is 13.1. The van der Waals surface area contributed by atoms with E-state index in [1.54, 1.807) is 11.4 Å². The van der Waals surface area contributed by atoms with Gasteiger partial charge >= 0.3 is 0 Å². The Kier molecular flexibility index (Phi) is 6.86. The summed E-state index contributed by atoms with van der Waals surface area (Å²) in [6.45, 7) is 5.85. The molecule has 0 spiro atoms. The Bertz CT molecular complexity index is 468. The molecule has 1 aromatic heterocycles. The highest BCUT2D eigenvalue weighted by atomic mass is 32.1. The van der Waals surface area contributed by atoms with Gasteiger partial charge in [-0.3, -0.25) is 9.59 Å². The van der Waals surface area contributed by atoms with Gasteiger partial charge < -0.3 is 15.5 Å². The van der Waals surface area contributed by atoms with Crippen molar-refractivity contribution in [2.45, 2.75) is 38.6 Å². The highest BCUT2D eigenvalue weighted by molar-refractivity contribution is 7.08. The predicted octanol–water partition coefficient (Wildman–Crippen LogP) is 1.86. The second kappa shape index (κ2) is 8.90. The summed E-state index contributed by atoms with van der Waals surface area (Å²) >= 11 is 1.49. The van der Waals surface area contributed by atoms with Crippen LogP contribution in [0, 0.1) is 0 Å². The van der Waals surface area contributed by atoms with E-state index in [-0.39, 0.29) is 17.9 Å². The molecular formula is C16H25N3O2S. The van der Waals surface area contributed by atoms with Crippen LogP contribution in [0.25, 0.3) is 0 Å². The van der Waals surface area contributed by atoms with Gasteiger partial charge in [0.05, 0.1) is 0 Å². The SMILES string of the molecule is CCCN1CCC(NC(=O)CCNC(=O)c2ccsc2)CC1.